The fraction of sp³-hybridized carbons (Fsp3) is 0.133. The van der Waals surface area contributed by atoms with Gasteiger partial charge in [-0.3, -0.25) is 4.99 Å². The number of benzene rings is 2. The first-order valence-corrected chi connectivity index (χ1v) is 6.49. The van der Waals surface area contributed by atoms with E-state index in [0.717, 1.165) is 22.7 Å². The van der Waals surface area contributed by atoms with Gasteiger partial charge in [-0.25, -0.2) is 0 Å². The first-order valence-electron chi connectivity index (χ1n) is 6.11. The van der Waals surface area contributed by atoms with Gasteiger partial charge in [0.1, 0.15) is 0 Å². The van der Waals surface area contributed by atoms with E-state index in [1.165, 1.54) is 0 Å². The van der Waals surface area contributed by atoms with Crippen LogP contribution in [-0.4, -0.2) is 12.5 Å². The molecule has 2 aromatic rings. The van der Waals surface area contributed by atoms with Gasteiger partial charge in [0.25, 0.3) is 0 Å². The number of nitrogens with two attached hydrogens (primary N) is 1. The molecule has 0 aliphatic rings. The molecule has 0 bridgehead atoms. The molecule has 0 aromatic heterocycles. The molecule has 0 unspecified atom stereocenters. The Morgan fingerprint density at radius 3 is 2.40 bits per heavy atom. The van der Waals surface area contributed by atoms with Gasteiger partial charge in [-0.05, 0) is 30.2 Å². The Balaban J connectivity index is 0.00000200. The average molecular weight is 402 g/mol. The van der Waals surface area contributed by atoms with Crippen molar-refractivity contribution in [2.24, 2.45) is 10.7 Å². The molecule has 0 atom stereocenters. The van der Waals surface area contributed by atoms with Gasteiger partial charge in [-0.2, -0.15) is 0 Å². The number of guanidine groups is 1. The van der Waals surface area contributed by atoms with Crippen molar-refractivity contribution in [3.8, 4) is 0 Å². The lowest BCUT2D eigenvalue weighted by Gasteiger charge is -2.05. The molecule has 5 heteroatoms. The number of hydrogen-bond acceptors (Lipinski definition) is 1. The van der Waals surface area contributed by atoms with E-state index in [-0.39, 0.29) is 24.0 Å². The molecule has 3 N–H and O–H groups in total. The highest BCUT2D eigenvalue weighted by Crippen LogP contribution is 2.15. The third kappa shape index (κ3) is 5.38. The highest BCUT2D eigenvalue weighted by atomic mass is 127. The number of nitrogens with zero attached hydrogens (tertiary/aromatic N) is 1. The van der Waals surface area contributed by atoms with Gasteiger partial charge < -0.3 is 11.1 Å². The van der Waals surface area contributed by atoms with Gasteiger partial charge in [0.15, 0.2) is 5.96 Å². The second kappa shape index (κ2) is 8.81. The highest BCUT2D eigenvalue weighted by Gasteiger charge is 1.98. The molecule has 2 aromatic carbocycles. The highest BCUT2D eigenvalue weighted by molar-refractivity contribution is 14.0. The molecule has 0 saturated heterocycles. The predicted octanol–water partition coefficient (Wildman–Crippen LogP) is 3.93. The second-order valence-corrected chi connectivity index (χ2v) is 4.51. The molecule has 0 aliphatic carbocycles. The van der Waals surface area contributed by atoms with E-state index < -0.39 is 0 Å². The fourth-order valence-corrected chi connectivity index (χ4v) is 1.94. The van der Waals surface area contributed by atoms with Gasteiger partial charge >= 0.3 is 0 Å². The summed E-state index contributed by atoms with van der Waals surface area (Å²) in [6.07, 6.45) is 0.775. The summed E-state index contributed by atoms with van der Waals surface area (Å²) in [6.45, 7) is 0.607. The van der Waals surface area contributed by atoms with Gasteiger partial charge in [-0.1, -0.05) is 48.0 Å². The largest absolute Gasteiger partial charge is 0.370 e. The van der Waals surface area contributed by atoms with Gasteiger partial charge in [0, 0.05) is 17.3 Å². The number of rotatable bonds is 4. The van der Waals surface area contributed by atoms with Crippen molar-refractivity contribution in [3.05, 3.63) is 65.2 Å². The molecular weight excluding hydrogens is 385 g/mol. The average Bonchev–Trinajstić information content (AvgIpc) is 2.42. The summed E-state index contributed by atoms with van der Waals surface area (Å²) in [5.41, 5.74) is 7.83. The van der Waals surface area contributed by atoms with Crippen LogP contribution >= 0.6 is 35.6 Å². The van der Waals surface area contributed by atoms with Crippen molar-refractivity contribution in [1.82, 2.24) is 0 Å². The van der Waals surface area contributed by atoms with Crippen LogP contribution in [0.1, 0.15) is 5.56 Å². The predicted molar refractivity (Wildman–Crippen MR) is 97.1 cm³/mol. The minimum absolute atomic E-state index is 0. The van der Waals surface area contributed by atoms with Crippen molar-refractivity contribution in [1.29, 1.82) is 0 Å². The standard InChI is InChI=1S/C15H16ClN3.HI/c16-14-9-5-4-6-12(14)10-11-18-15(17)19-13-7-2-1-3-8-13;/h1-9H,10-11H2,(H3,17,18,19);1H. The van der Waals surface area contributed by atoms with Crippen LogP contribution in [0.4, 0.5) is 5.69 Å². The first-order chi connectivity index (χ1) is 9.25. The summed E-state index contributed by atoms with van der Waals surface area (Å²) in [5.74, 6) is 0.415. The van der Waals surface area contributed by atoms with E-state index in [2.05, 4.69) is 10.3 Å². The Kier molecular flexibility index (Phi) is 7.40. The quantitative estimate of drug-likeness (QED) is 0.463. The van der Waals surface area contributed by atoms with Crippen LogP contribution in [-0.2, 0) is 6.42 Å². The Morgan fingerprint density at radius 2 is 1.70 bits per heavy atom. The number of nitrogens with one attached hydrogen (secondary N) is 1. The molecule has 0 spiro atoms. The molecule has 0 aliphatic heterocycles. The van der Waals surface area contributed by atoms with Gasteiger partial charge in [-0.15, -0.1) is 24.0 Å². The first kappa shape index (κ1) is 16.8. The normalized spacial score (nSPS) is 10.8. The molecular formula is C15H17ClIN3. The maximum atomic E-state index is 6.07. The van der Waals surface area contributed by atoms with Crippen LogP contribution in [0.5, 0.6) is 0 Å². The lowest BCUT2D eigenvalue weighted by Crippen LogP contribution is -2.23. The van der Waals surface area contributed by atoms with E-state index in [9.17, 15) is 0 Å². The maximum Gasteiger partial charge on any atom is 0.193 e. The molecule has 0 saturated carbocycles. The van der Waals surface area contributed by atoms with E-state index in [0.29, 0.717) is 12.5 Å². The smallest absolute Gasteiger partial charge is 0.193 e. The van der Waals surface area contributed by atoms with Crippen LogP contribution in [0.25, 0.3) is 0 Å². The third-order valence-corrected chi connectivity index (χ3v) is 3.04. The molecule has 0 amide bonds. The number of halogens is 2. The fourth-order valence-electron chi connectivity index (χ4n) is 1.71. The molecule has 0 heterocycles. The second-order valence-electron chi connectivity index (χ2n) is 4.10. The van der Waals surface area contributed by atoms with Crippen molar-refractivity contribution < 1.29 is 0 Å². The number of anilines is 1. The van der Waals surface area contributed by atoms with Crippen LogP contribution in [0, 0.1) is 0 Å². The minimum Gasteiger partial charge on any atom is -0.370 e. The maximum absolute atomic E-state index is 6.07. The van der Waals surface area contributed by atoms with Crippen LogP contribution in [0.15, 0.2) is 59.6 Å². The number of para-hydroxylation sites is 1. The number of aliphatic imine (C=N–C) groups is 1. The van der Waals surface area contributed by atoms with Crippen LogP contribution < -0.4 is 11.1 Å². The molecule has 2 rings (SSSR count). The van der Waals surface area contributed by atoms with Gasteiger partial charge in [0.2, 0.25) is 0 Å². The topological polar surface area (TPSA) is 50.4 Å². The van der Waals surface area contributed by atoms with Crippen molar-refractivity contribution in [2.75, 3.05) is 11.9 Å². The van der Waals surface area contributed by atoms with Crippen molar-refractivity contribution in [2.45, 2.75) is 6.42 Å². The van der Waals surface area contributed by atoms with Gasteiger partial charge in [0.05, 0.1) is 0 Å². The molecule has 106 valence electrons. The summed E-state index contributed by atoms with van der Waals surface area (Å²) >= 11 is 6.07. The molecule has 0 fully saturated rings. The SMILES string of the molecule is I.NC(=NCCc1ccccc1Cl)Nc1ccccc1. The zero-order valence-corrected chi connectivity index (χ0v) is 14.0. The zero-order chi connectivity index (χ0) is 13.5. The molecule has 20 heavy (non-hydrogen) atoms. The summed E-state index contributed by atoms with van der Waals surface area (Å²) in [6, 6.07) is 17.5. The summed E-state index contributed by atoms with van der Waals surface area (Å²) in [5, 5.41) is 3.81. The summed E-state index contributed by atoms with van der Waals surface area (Å²) in [7, 11) is 0. The molecule has 0 radical (unpaired) electrons. The lowest BCUT2D eigenvalue weighted by molar-refractivity contribution is 0.965. The Hall–Kier alpha value is -1.27. The third-order valence-electron chi connectivity index (χ3n) is 2.67. The van der Waals surface area contributed by atoms with E-state index in [1.807, 2.05) is 54.6 Å². The van der Waals surface area contributed by atoms with E-state index in [1.54, 1.807) is 0 Å². The Morgan fingerprint density at radius 1 is 1.05 bits per heavy atom. The Bertz CT molecular complexity index is 558. The number of hydrogen-bond donors (Lipinski definition) is 2. The lowest BCUT2D eigenvalue weighted by atomic mass is 10.1. The van der Waals surface area contributed by atoms with Crippen LogP contribution in [0.2, 0.25) is 5.02 Å². The molecule has 3 nitrogen and oxygen atoms in total. The van der Waals surface area contributed by atoms with Crippen molar-refractivity contribution in [3.63, 3.8) is 0 Å². The van der Waals surface area contributed by atoms with E-state index >= 15 is 0 Å². The minimum atomic E-state index is 0. The monoisotopic (exact) mass is 401 g/mol. The summed E-state index contributed by atoms with van der Waals surface area (Å²) < 4.78 is 0. The zero-order valence-electron chi connectivity index (χ0n) is 10.9. The van der Waals surface area contributed by atoms with E-state index in [4.69, 9.17) is 17.3 Å². The Labute approximate surface area is 141 Å². The summed E-state index contributed by atoms with van der Waals surface area (Å²) in [4.78, 5) is 4.28. The van der Waals surface area contributed by atoms with Crippen LogP contribution in [0.3, 0.4) is 0 Å². The van der Waals surface area contributed by atoms with Crippen molar-refractivity contribution >= 4 is 47.2 Å².